The van der Waals surface area contributed by atoms with Crippen LogP contribution in [0.5, 0.6) is 0 Å². The molecule has 0 spiro atoms. The Morgan fingerprint density at radius 1 is 1.15 bits per heavy atom. The van der Waals surface area contributed by atoms with E-state index in [2.05, 4.69) is 31.8 Å². The first kappa shape index (κ1) is 14.9. The van der Waals surface area contributed by atoms with Crippen LogP contribution in [0.1, 0.15) is 0 Å². The van der Waals surface area contributed by atoms with Crippen molar-refractivity contribution in [3.8, 4) is 0 Å². The standard InChI is InChI=1S/C11H20N6O2S/c1-15(2)20(18,19)14-10-4-5-11(13-12-10)17-8-6-16(3)7-9-17/h4-5H,6-9H2,1-3H3,(H,12,14). The molecule has 0 unspecified atom stereocenters. The molecule has 0 bridgehead atoms. The van der Waals surface area contributed by atoms with E-state index in [1.54, 1.807) is 12.1 Å². The van der Waals surface area contributed by atoms with Crippen molar-refractivity contribution in [1.82, 2.24) is 19.4 Å². The van der Waals surface area contributed by atoms with Gasteiger partial charge in [-0.15, -0.1) is 10.2 Å². The van der Waals surface area contributed by atoms with Gasteiger partial charge in [-0.1, -0.05) is 0 Å². The third kappa shape index (κ3) is 3.56. The van der Waals surface area contributed by atoms with E-state index in [1.807, 2.05) is 0 Å². The predicted molar refractivity (Wildman–Crippen MR) is 78.0 cm³/mol. The Morgan fingerprint density at radius 2 is 1.80 bits per heavy atom. The van der Waals surface area contributed by atoms with E-state index in [0.717, 1.165) is 36.3 Å². The van der Waals surface area contributed by atoms with E-state index in [1.165, 1.54) is 14.1 Å². The zero-order valence-corrected chi connectivity index (χ0v) is 12.8. The average molecular weight is 300 g/mol. The first-order valence-corrected chi connectivity index (χ1v) is 7.80. The number of nitrogens with one attached hydrogen (secondary N) is 1. The van der Waals surface area contributed by atoms with Gasteiger partial charge in [-0.05, 0) is 19.2 Å². The maximum atomic E-state index is 11.7. The monoisotopic (exact) mass is 300 g/mol. The number of piperazine rings is 1. The van der Waals surface area contributed by atoms with Crippen molar-refractivity contribution in [2.45, 2.75) is 0 Å². The van der Waals surface area contributed by atoms with Crippen LogP contribution in [0, 0.1) is 0 Å². The van der Waals surface area contributed by atoms with Gasteiger partial charge in [0.25, 0.3) is 0 Å². The largest absolute Gasteiger partial charge is 0.353 e. The number of aromatic nitrogens is 2. The molecule has 9 heteroatoms. The minimum absolute atomic E-state index is 0.219. The van der Waals surface area contributed by atoms with Gasteiger partial charge in [0.2, 0.25) is 0 Å². The van der Waals surface area contributed by atoms with Gasteiger partial charge < -0.3 is 9.80 Å². The topological polar surface area (TPSA) is 81.7 Å². The minimum Gasteiger partial charge on any atom is -0.353 e. The highest BCUT2D eigenvalue weighted by Crippen LogP contribution is 2.14. The lowest BCUT2D eigenvalue weighted by molar-refractivity contribution is 0.312. The second-order valence-electron chi connectivity index (χ2n) is 4.96. The van der Waals surface area contributed by atoms with Gasteiger partial charge >= 0.3 is 10.2 Å². The van der Waals surface area contributed by atoms with Crippen molar-refractivity contribution >= 4 is 21.8 Å². The SMILES string of the molecule is CN1CCN(c2ccc(NS(=O)(=O)N(C)C)nn2)CC1. The molecule has 1 aromatic heterocycles. The molecule has 2 heterocycles. The fraction of sp³-hybridized carbons (Fsp3) is 0.636. The quantitative estimate of drug-likeness (QED) is 0.803. The summed E-state index contributed by atoms with van der Waals surface area (Å²) in [4.78, 5) is 4.39. The number of anilines is 2. The van der Waals surface area contributed by atoms with Crippen molar-refractivity contribution in [2.24, 2.45) is 0 Å². The maximum Gasteiger partial charge on any atom is 0.302 e. The lowest BCUT2D eigenvalue weighted by atomic mass is 10.3. The van der Waals surface area contributed by atoms with Crippen LogP contribution in [-0.2, 0) is 10.2 Å². The fourth-order valence-electron chi connectivity index (χ4n) is 1.81. The van der Waals surface area contributed by atoms with Gasteiger partial charge in [0.15, 0.2) is 11.6 Å². The number of hydrogen-bond donors (Lipinski definition) is 1. The van der Waals surface area contributed by atoms with Crippen LogP contribution in [-0.4, -0.2) is 75.1 Å². The first-order valence-electron chi connectivity index (χ1n) is 6.36. The highest BCUT2D eigenvalue weighted by atomic mass is 32.2. The second kappa shape index (κ2) is 5.90. The van der Waals surface area contributed by atoms with Crippen LogP contribution in [0.4, 0.5) is 11.6 Å². The molecule has 1 aromatic rings. The number of likely N-dealkylation sites (N-methyl/N-ethyl adjacent to an activating group) is 1. The van der Waals surface area contributed by atoms with Crippen LogP contribution < -0.4 is 9.62 Å². The molecule has 0 saturated carbocycles. The third-order valence-electron chi connectivity index (χ3n) is 3.19. The van der Waals surface area contributed by atoms with Crippen molar-refractivity contribution < 1.29 is 8.42 Å². The lowest BCUT2D eigenvalue weighted by Crippen LogP contribution is -2.44. The van der Waals surface area contributed by atoms with E-state index in [0.29, 0.717) is 0 Å². The molecule has 1 saturated heterocycles. The Hall–Kier alpha value is -1.45. The molecular formula is C11H20N6O2S. The average Bonchev–Trinajstić information content (AvgIpc) is 2.40. The number of hydrogen-bond acceptors (Lipinski definition) is 6. The molecule has 0 atom stereocenters. The third-order valence-corrected chi connectivity index (χ3v) is 4.62. The summed E-state index contributed by atoms with van der Waals surface area (Å²) >= 11 is 0. The molecule has 0 amide bonds. The molecule has 0 radical (unpaired) electrons. The zero-order valence-electron chi connectivity index (χ0n) is 11.9. The predicted octanol–water partition coefficient (Wildman–Crippen LogP) is -0.553. The summed E-state index contributed by atoms with van der Waals surface area (Å²) in [6.07, 6.45) is 0. The Balaban J connectivity index is 2.03. The second-order valence-corrected chi connectivity index (χ2v) is 6.84. The summed E-state index contributed by atoms with van der Waals surface area (Å²) in [5.41, 5.74) is 0. The molecule has 8 nitrogen and oxygen atoms in total. The zero-order chi connectivity index (χ0) is 14.8. The Bertz CT molecular complexity index is 537. The molecule has 112 valence electrons. The molecule has 2 rings (SSSR count). The van der Waals surface area contributed by atoms with E-state index in [-0.39, 0.29) is 5.82 Å². The van der Waals surface area contributed by atoms with Crippen LogP contribution in [0.2, 0.25) is 0 Å². The van der Waals surface area contributed by atoms with Crippen LogP contribution in [0.3, 0.4) is 0 Å². The van der Waals surface area contributed by atoms with Gasteiger partial charge in [0.05, 0.1) is 0 Å². The molecule has 0 aromatic carbocycles. The molecular weight excluding hydrogens is 280 g/mol. The van der Waals surface area contributed by atoms with E-state index < -0.39 is 10.2 Å². The molecule has 0 aliphatic carbocycles. The summed E-state index contributed by atoms with van der Waals surface area (Å²) < 4.78 is 26.7. The van der Waals surface area contributed by atoms with Crippen molar-refractivity contribution in [3.63, 3.8) is 0 Å². The van der Waals surface area contributed by atoms with Crippen LogP contribution in [0.25, 0.3) is 0 Å². The molecule has 1 aliphatic heterocycles. The summed E-state index contributed by atoms with van der Waals surface area (Å²) in [6, 6.07) is 3.41. The van der Waals surface area contributed by atoms with Gasteiger partial charge in [0, 0.05) is 40.3 Å². The summed E-state index contributed by atoms with van der Waals surface area (Å²) in [5, 5.41) is 8.00. The number of rotatable bonds is 4. The van der Waals surface area contributed by atoms with Gasteiger partial charge in [-0.3, -0.25) is 4.72 Å². The van der Waals surface area contributed by atoms with E-state index in [9.17, 15) is 8.42 Å². The highest BCUT2D eigenvalue weighted by molar-refractivity contribution is 7.90. The van der Waals surface area contributed by atoms with Crippen LogP contribution in [0.15, 0.2) is 12.1 Å². The lowest BCUT2D eigenvalue weighted by Gasteiger charge is -2.32. The molecule has 1 fully saturated rings. The van der Waals surface area contributed by atoms with Gasteiger partial charge in [-0.25, -0.2) is 0 Å². The fourth-order valence-corrected chi connectivity index (χ4v) is 2.36. The Kier molecular flexibility index (Phi) is 4.41. The van der Waals surface area contributed by atoms with E-state index in [4.69, 9.17) is 0 Å². The molecule has 1 N–H and O–H groups in total. The highest BCUT2D eigenvalue weighted by Gasteiger charge is 2.17. The van der Waals surface area contributed by atoms with Crippen LogP contribution >= 0.6 is 0 Å². The molecule has 20 heavy (non-hydrogen) atoms. The summed E-state index contributed by atoms with van der Waals surface area (Å²) in [7, 11) is 1.46. The van der Waals surface area contributed by atoms with Gasteiger partial charge in [-0.2, -0.15) is 12.7 Å². The normalized spacial score (nSPS) is 17.5. The van der Waals surface area contributed by atoms with Crippen molar-refractivity contribution in [3.05, 3.63) is 12.1 Å². The minimum atomic E-state index is -3.54. The number of nitrogens with zero attached hydrogens (tertiary/aromatic N) is 5. The molecule has 1 aliphatic rings. The van der Waals surface area contributed by atoms with Gasteiger partial charge in [0.1, 0.15) is 0 Å². The van der Waals surface area contributed by atoms with Crippen molar-refractivity contribution in [2.75, 3.05) is 56.9 Å². The maximum absolute atomic E-state index is 11.7. The smallest absolute Gasteiger partial charge is 0.302 e. The van der Waals surface area contributed by atoms with E-state index >= 15 is 0 Å². The summed E-state index contributed by atoms with van der Waals surface area (Å²) in [5.74, 6) is 0.988. The van der Waals surface area contributed by atoms with Crippen molar-refractivity contribution in [1.29, 1.82) is 0 Å². The Morgan fingerprint density at radius 3 is 2.30 bits per heavy atom. The Labute approximate surface area is 119 Å². The summed E-state index contributed by atoms with van der Waals surface area (Å²) in [6.45, 7) is 3.76. The first-order chi connectivity index (χ1) is 9.38.